The Labute approximate surface area is 250 Å². The van der Waals surface area contributed by atoms with E-state index in [0.29, 0.717) is 40.8 Å². The Morgan fingerprint density at radius 2 is 1.63 bits per heavy atom. The molecule has 1 aliphatic rings. The summed E-state index contributed by atoms with van der Waals surface area (Å²) in [4.78, 5) is 18.8. The van der Waals surface area contributed by atoms with E-state index >= 15 is 0 Å². The molecule has 0 spiro atoms. The summed E-state index contributed by atoms with van der Waals surface area (Å²) < 4.78 is 28.1. The smallest absolute Gasteiger partial charge is 0.251 e. The fourth-order valence-electron chi connectivity index (χ4n) is 4.95. The number of aromatic nitrogens is 2. The maximum atomic E-state index is 13.1. The Morgan fingerprint density at radius 3 is 2.24 bits per heavy atom. The molecule has 1 amide bonds. The Kier molecular flexibility index (Phi) is 9.25. The maximum Gasteiger partial charge on any atom is 0.251 e. The first-order valence-electron chi connectivity index (χ1n) is 13.3. The van der Waals surface area contributed by atoms with Gasteiger partial charge in [0.05, 0.1) is 18.1 Å². The molecule has 3 aromatic carbocycles. The lowest BCUT2D eigenvalue weighted by Gasteiger charge is -2.41. The molecule has 2 heterocycles. The number of carbonyl (C=O) groups is 1. The van der Waals surface area contributed by atoms with Gasteiger partial charge in [-0.05, 0) is 65.1 Å². The van der Waals surface area contributed by atoms with E-state index in [-0.39, 0.29) is 17.7 Å². The summed E-state index contributed by atoms with van der Waals surface area (Å²) in [6, 6.07) is 22.1. The topological polar surface area (TPSA) is 84.3 Å². The normalized spacial score (nSPS) is 13.7. The monoisotopic (exact) mass is 608 g/mol. The van der Waals surface area contributed by atoms with Gasteiger partial charge in [0.15, 0.2) is 9.84 Å². The first-order chi connectivity index (χ1) is 19.8. The van der Waals surface area contributed by atoms with Gasteiger partial charge in [-0.2, -0.15) is 0 Å². The molecule has 1 N–H and O–H groups in total. The number of rotatable bonds is 11. The van der Waals surface area contributed by atoms with Gasteiger partial charge in [0, 0.05) is 59.6 Å². The van der Waals surface area contributed by atoms with Gasteiger partial charge in [0.25, 0.3) is 5.91 Å². The second kappa shape index (κ2) is 13.0. The van der Waals surface area contributed by atoms with Crippen molar-refractivity contribution in [2.24, 2.45) is 0 Å². The summed E-state index contributed by atoms with van der Waals surface area (Å²) in [6.45, 7) is 2.31. The van der Waals surface area contributed by atoms with E-state index in [0.717, 1.165) is 29.7 Å². The van der Waals surface area contributed by atoms with Crippen LogP contribution in [0.5, 0.6) is 0 Å². The highest BCUT2D eigenvalue weighted by molar-refractivity contribution is 7.93. The van der Waals surface area contributed by atoms with Crippen LogP contribution in [0.1, 0.15) is 39.5 Å². The van der Waals surface area contributed by atoms with Gasteiger partial charge in [-0.15, -0.1) is 0 Å². The van der Waals surface area contributed by atoms with Crippen molar-refractivity contribution in [1.29, 1.82) is 0 Å². The van der Waals surface area contributed by atoms with Crippen LogP contribution in [0.2, 0.25) is 10.0 Å². The summed E-state index contributed by atoms with van der Waals surface area (Å²) in [7, 11) is -3.54. The predicted octanol–water partition coefficient (Wildman–Crippen LogP) is 5.91. The van der Waals surface area contributed by atoms with Crippen molar-refractivity contribution < 1.29 is 13.2 Å². The Balaban J connectivity index is 1.20. The van der Waals surface area contributed by atoms with Gasteiger partial charge in [-0.1, -0.05) is 59.6 Å². The Morgan fingerprint density at radius 1 is 0.976 bits per heavy atom. The lowest BCUT2D eigenvalue weighted by Crippen LogP contribution is -2.43. The molecule has 1 saturated heterocycles. The molecule has 10 heteroatoms. The van der Waals surface area contributed by atoms with Crippen LogP contribution in [0.3, 0.4) is 0 Å². The first-order valence-corrected chi connectivity index (χ1v) is 15.7. The van der Waals surface area contributed by atoms with E-state index in [1.807, 2.05) is 59.3 Å². The summed E-state index contributed by atoms with van der Waals surface area (Å²) in [5.41, 5.74) is 3.98. The minimum Gasteiger partial charge on any atom is -0.352 e. The second-order valence-corrected chi connectivity index (χ2v) is 12.8. The zero-order chi connectivity index (χ0) is 28.8. The molecule has 1 aromatic heterocycles. The first kappa shape index (κ1) is 29.1. The van der Waals surface area contributed by atoms with E-state index in [9.17, 15) is 13.2 Å². The minimum atomic E-state index is -3.54. The number of hydrogen-bond acceptors (Lipinski definition) is 5. The van der Waals surface area contributed by atoms with E-state index in [4.69, 9.17) is 23.2 Å². The van der Waals surface area contributed by atoms with Crippen LogP contribution in [-0.2, 0) is 22.1 Å². The minimum absolute atomic E-state index is 0.0560. The summed E-state index contributed by atoms with van der Waals surface area (Å²) >= 11 is 12.2. The third-order valence-corrected chi connectivity index (χ3v) is 8.82. The predicted molar refractivity (Wildman–Crippen MR) is 163 cm³/mol. The second-order valence-electron chi connectivity index (χ2n) is 10.1. The third kappa shape index (κ3) is 7.86. The highest BCUT2D eigenvalue weighted by Gasteiger charge is 2.31. The fourth-order valence-corrected chi connectivity index (χ4v) is 6.59. The molecule has 0 bridgehead atoms. The number of benzene rings is 3. The van der Waals surface area contributed by atoms with E-state index in [1.54, 1.807) is 36.8 Å². The number of amides is 1. The van der Waals surface area contributed by atoms with Gasteiger partial charge in [0.2, 0.25) is 0 Å². The van der Waals surface area contributed by atoms with Gasteiger partial charge in [-0.3, -0.25) is 9.69 Å². The number of hydrogen-bond donors (Lipinski definition) is 1. The SMILES string of the molecule is O=C(NCCCn1ccnc1)c1cccc(CS(=O)(=O)C=C2CN(C(c3ccc(Cl)cc3)c3ccc(Cl)cc3)C2)c1. The van der Waals surface area contributed by atoms with Gasteiger partial charge >= 0.3 is 0 Å². The Bertz CT molecular complexity index is 1570. The number of nitrogens with zero attached hydrogens (tertiary/aromatic N) is 3. The molecular weight excluding hydrogens is 579 g/mol. The standard InChI is InChI=1S/C31H30Cl2N4O3S/c32-28-9-5-25(6-10-28)30(26-7-11-29(33)12-8-26)37-18-24(19-37)21-41(39,40)20-23-3-1-4-27(17-23)31(38)35-13-2-15-36-16-14-34-22-36/h1,3-12,14,16-17,21-22,30H,2,13,15,18-20H2,(H,35,38). The van der Waals surface area contributed by atoms with Crippen LogP contribution >= 0.6 is 23.2 Å². The number of imidazole rings is 1. The quantitative estimate of drug-likeness (QED) is 0.214. The van der Waals surface area contributed by atoms with Crippen molar-refractivity contribution in [3.8, 4) is 0 Å². The third-order valence-electron chi connectivity index (χ3n) is 6.89. The number of carbonyl (C=O) groups excluding carboxylic acids is 1. The van der Waals surface area contributed by atoms with Crippen LogP contribution in [-0.4, -0.2) is 48.4 Å². The number of aryl methyl sites for hydroxylation is 1. The summed E-state index contributed by atoms with van der Waals surface area (Å²) in [6.07, 6.45) is 6.09. The molecule has 0 saturated carbocycles. The van der Waals surface area contributed by atoms with Crippen molar-refractivity contribution in [3.05, 3.63) is 135 Å². The number of nitrogens with one attached hydrogen (secondary N) is 1. The van der Waals surface area contributed by atoms with Crippen molar-refractivity contribution in [2.75, 3.05) is 19.6 Å². The number of halogens is 2. The lowest BCUT2D eigenvalue weighted by atomic mass is 9.93. The molecule has 5 rings (SSSR count). The van der Waals surface area contributed by atoms with Crippen LogP contribution in [0, 0.1) is 0 Å². The highest BCUT2D eigenvalue weighted by Crippen LogP contribution is 2.35. The average Bonchev–Trinajstić information content (AvgIpc) is 3.45. The molecule has 0 unspecified atom stereocenters. The van der Waals surface area contributed by atoms with Gasteiger partial charge in [0.1, 0.15) is 0 Å². The molecule has 4 aromatic rings. The molecule has 7 nitrogen and oxygen atoms in total. The fraction of sp³-hybridized carbons (Fsp3) is 0.226. The maximum absolute atomic E-state index is 13.1. The highest BCUT2D eigenvalue weighted by atomic mass is 35.5. The molecule has 212 valence electrons. The van der Waals surface area contributed by atoms with Crippen molar-refractivity contribution in [3.63, 3.8) is 0 Å². The van der Waals surface area contributed by atoms with Crippen LogP contribution < -0.4 is 5.32 Å². The van der Waals surface area contributed by atoms with E-state index < -0.39 is 9.84 Å². The Hall–Kier alpha value is -3.43. The summed E-state index contributed by atoms with van der Waals surface area (Å²) in [5.74, 6) is -0.394. The largest absolute Gasteiger partial charge is 0.352 e. The van der Waals surface area contributed by atoms with Gasteiger partial charge in [-0.25, -0.2) is 13.4 Å². The molecule has 0 radical (unpaired) electrons. The van der Waals surface area contributed by atoms with Crippen LogP contribution in [0.15, 0.2) is 102 Å². The van der Waals surface area contributed by atoms with Crippen LogP contribution in [0.4, 0.5) is 0 Å². The molecule has 0 aliphatic carbocycles. The van der Waals surface area contributed by atoms with E-state index in [2.05, 4.69) is 15.2 Å². The molecular formula is C31H30Cl2N4O3S. The molecule has 1 aliphatic heterocycles. The number of sulfone groups is 1. The zero-order valence-corrected chi connectivity index (χ0v) is 24.6. The van der Waals surface area contributed by atoms with E-state index in [1.165, 1.54) is 5.41 Å². The molecule has 0 atom stereocenters. The van der Waals surface area contributed by atoms with Gasteiger partial charge < -0.3 is 9.88 Å². The van der Waals surface area contributed by atoms with Crippen molar-refractivity contribution in [1.82, 2.24) is 19.8 Å². The zero-order valence-electron chi connectivity index (χ0n) is 22.3. The van der Waals surface area contributed by atoms with Crippen LogP contribution in [0.25, 0.3) is 0 Å². The molecule has 41 heavy (non-hydrogen) atoms. The average molecular weight is 610 g/mol. The van der Waals surface area contributed by atoms with Crippen molar-refractivity contribution >= 4 is 38.9 Å². The number of likely N-dealkylation sites (tertiary alicyclic amines) is 1. The van der Waals surface area contributed by atoms with Crippen molar-refractivity contribution in [2.45, 2.75) is 24.8 Å². The lowest BCUT2D eigenvalue weighted by molar-refractivity contribution is 0.0952. The summed E-state index contributed by atoms with van der Waals surface area (Å²) in [5, 5.41) is 5.59. The molecule has 1 fully saturated rings.